The smallest absolute Gasteiger partial charge is 0.209 e. The lowest BCUT2D eigenvalue weighted by Crippen LogP contribution is -2.15. The van der Waals surface area contributed by atoms with Gasteiger partial charge in [-0.15, -0.1) is 5.10 Å². The molecule has 0 spiro atoms. The highest BCUT2D eigenvalue weighted by molar-refractivity contribution is 7.99. The predicted molar refractivity (Wildman–Crippen MR) is 99.2 cm³/mol. The molecule has 0 bridgehead atoms. The second kappa shape index (κ2) is 10.9. The number of hydrogen-bond donors (Lipinski definition) is 1. The second-order valence-electron chi connectivity index (χ2n) is 5.53. The average molecular weight is 366 g/mol. The average Bonchev–Trinajstić information content (AvgIpc) is 3.02. The van der Waals surface area contributed by atoms with Crippen molar-refractivity contribution in [3.05, 3.63) is 23.8 Å². The molecule has 0 atom stereocenters. The minimum Gasteiger partial charge on any atom is -0.490 e. The standard InChI is InChI=1S/C17H27N5O2S/c1-4-10-24-15-8-7-14(12-16(15)23-5-2)13-18-9-6-11-25-17-19-20-21-22(17)3/h7-8,12,18H,4-6,9-11,13H2,1-3H3. The van der Waals surface area contributed by atoms with E-state index in [0.717, 1.165) is 48.3 Å². The first-order chi connectivity index (χ1) is 12.2. The number of aryl methyl sites for hydroxylation is 1. The molecule has 1 heterocycles. The van der Waals surface area contributed by atoms with Gasteiger partial charge in [0, 0.05) is 19.3 Å². The Morgan fingerprint density at radius 3 is 2.80 bits per heavy atom. The van der Waals surface area contributed by atoms with E-state index in [-0.39, 0.29) is 0 Å². The van der Waals surface area contributed by atoms with Crippen LogP contribution in [0.3, 0.4) is 0 Å². The van der Waals surface area contributed by atoms with E-state index in [0.29, 0.717) is 13.2 Å². The van der Waals surface area contributed by atoms with Crippen molar-refractivity contribution < 1.29 is 9.47 Å². The molecule has 0 unspecified atom stereocenters. The Labute approximate surface area is 153 Å². The van der Waals surface area contributed by atoms with Gasteiger partial charge in [0.05, 0.1) is 13.2 Å². The van der Waals surface area contributed by atoms with Crippen molar-refractivity contribution in [3.63, 3.8) is 0 Å². The molecule has 0 saturated heterocycles. The molecular formula is C17H27N5O2S. The number of nitrogens with one attached hydrogen (secondary N) is 1. The van der Waals surface area contributed by atoms with Crippen LogP contribution in [0.1, 0.15) is 32.3 Å². The molecule has 1 aromatic carbocycles. The summed E-state index contributed by atoms with van der Waals surface area (Å²) in [5.74, 6) is 2.62. The molecule has 0 fully saturated rings. The molecule has 1 N–H and O–H groups in total. The highest BCUT2D eigenvalue weighted by atomic mass is 32.2. The highest BCUT2D eigenvalue weighted by Crippen LogP contribution is 2.28. The van der Waals surface area contributed by atoms with E-state index >= 15 is 0 Å². The number of nitrogens with zero attached hydrogens (tertiary/aromatic N) is 4. The van der Waals surface area contributed by atoms with E-state index in [1.165, 1.54) is 5.56 Å². The van der Waals surface area contributed by atoms with Crippen LogP contribution in [0.15, 0.2) is 23.4 Å². The number of aromatic nitrogens is 4. The van der Waals surface area contributed by atoms with Gasteiger partial charge in [0.1, 0.15) is 0 Å². The van der Waals surface area contributed by atoms with Gasteiger partial charge in [0.2, 0.25) is 5.16 Å². The summed E-state index contributed by atoms with van der Waals surface area (Å²) in [6.07, 6.45) is 2.03. The topological polar surface area (TPSA) is 74.1 Å². The molecule has 25 heavy (non-hydrogen) atoms. The van der Waals surface area contributed by atoms with Crippen LogP contribution in [0.25, 0.3) is 0 Å². The van der Waals surface area contributed by atoms with Crippen molar-refractivity contribution in [1.82, 2.24) is 25.5 Å². The third-order valence-corrected chi connectivity index (χ3v) is 4.51. The fourth-order valence-electron chi connectivity index (χ4n) is 2.20. The van der Waals surface area contributed by atoms with Crippen molar-refractivity contribution >= 4 is 11.8 Å². The molecule has 0 aliphatic rings. The van der Waals surface area contributed by atoms with Crippen LogP contribution in [0.2, 0.25) is 0 Å². The number of hydrogen-bond acceptors (Lipinski definition) is 7. The summed E-state index contributed by atoms with van der Waals surface area (Å²) in [6, 6.07) is 6.14. The lowest BCUT2D eigenvalue weighted by atomic mass is 10.2. The molecule has 0 radical (unpaired) electrons. The van der Waals surface area contributed by atoms with E-state index in [1.807, 2.05) is 20.0 Å². The van der Waals surface area contributed by atoms with Gasteiger partial charge in [-0.1, -0.05) is 24.8 Å². The monoisotopic (exact) mass is 365 g/mol. The molecule has 7 nitrogen and oxygen atoms in total. The van der Waals surface area contributed by atoms with Gasteiger partial charge in [-0.3, -0.25) is 0 Å². The van der Waals surface area contributed by atoms with Gasteiger partial charge in [-0.05, 0) is 54.4 Å². The number of tetrazole rings is 1. The number of benzene rings is 1. The van der Waals surface area contributed by atoms with Crippen LogP contribution in [-0.4, -0.2) is 45.7 Å². The molecule has 0 amide bonds. The maximum atomic E-state index is 5.73. The summed E-state index contributed by atoms with van der Waals surface area (Å²) in [7, 11) is 1.85. The minimum atomic E-state index is 0.632. The van der Waals surface area contributed by atoms with Gasteiger partial charge in [-0.25, -0.2) is 4.68 Å². The predicted octanol–water partition coefficient (Wildman–Crippen LogP) is 2.67. The van der Waals surface area contributed by atoms with Crippen LogP contribution in [0.4, 0.5) is 0 Å². The highest BCUT2D eigenvalue weighted by Gasteiger charge is 2.06. The lowest BCUT2D eigenvalue weighted by Gasteiger charge is -2.13. The first kappa shape index (κ1) is 19.5. The summed E-state index contributed by atoms with van der Waals surface area (Å²) >= 11 is 1.67. The van der Waals surface area contributed by atoms with Gasteiger partial charge < -0.3 is 14.8 Å². The zero-order chi connectivity index (χ0) is 17.9. The Morgan fingerprint density at radius 2 is 2.08 bits per heavy atom. The third kappa shape index (κ3) is 6.55. The summed E-state index contributed by atoms with van der Waals surface area (Å²) < 4.78 is 13.1. The number of thioether (sulfide) groups is 1. The molecular weight excluding hydrogens is 338 g/mol. The second-order valence-corrected chi connectivity index (χ2v) is 6.59. The summed E-state index contributed by atoms with van der Waals surface area (Å²) in [6.45, 7) is 7.17. The fraction of sp³-hybridized carbons (Fsp3) is 0.588. The first-order valence-electron chi connectivity index (χ1n) is 8.69. The molecule has 1 aromatic heterocycles. The van der Waals surface area contributed by atoms with Gasteiger partial charge in [0.15, 0.2) is 11.5 Å². The van der Waals surface area contributed by atoms with Crippen LogP contribution in [0, 0.1) is 0 Å². The molecule has 0 saturated carbocycles. The van der Waals surface area contributed by atoms with E-state index in [2.05, 4.69) is 39.9 Å². The summed E-state index contributed by atoms with van der Waals surface area (Å²) in [5, 5.41) is 15.7. The maximum absolute atomic E-state index is 5.73. The molecule has 2 rings (SSSR count). The Bertz CT molecular complexity index is 635. The van der Waals surface area contributed by atoms with E-state index in [9.17, 15) is 0 Å². The van der Waals surface area contributed by atoms with Gasteiger partial charge in [-0.2, -0.15) is 0 Å². The lowest BCUT2D eigenvalue weighted by molar-refractivity contribution is 0.276. The Kier molecular flexibility index (Phi) is 8.54. The van der Waals surface area contributed by atoms with Crippen LogP contribution >= 0.6 is 11.8 Å². The Balaban J connectivity index is 1.72. The first-order valence-corrected chi connectivity index (χ1v) is 9.67. The van der Waals surface area contributed by atoms with Crippen molar-refractivity contribution in [1.29, 1.82) is 0 Å². The maximum Gasteiger partial charge on any atom is 0.209 e. The molecule has 138 valence electrons. The van der Waals surface area contributed by atoms with Crippen molar-refractivity contribution in [2.24, 2.45) is 7.05 Å². The zero-order valence-corrected chi connectivity index (χ0v) is 16.0. The molecule has 2 aromatic rings. The largest absolute Gasteiger partial charge is 0.490 e. The summed E-state index contributed by atoms with van der Waals surface area (Å²) in [5.41, 5.74) is 1.19. The van der Waals surface area contributed by atoms with E-state index in [4.69, 9.17) is 9.47 Å². The number of rotatable bonds is 12. The zero-order valence-electron chi connectivity index (χ0n) is 15.2. The molecule has 0 aliphatic carbocycles. The van der Waals surface area contributed by atoms with Crippen LogP contribution < -0.4 is 14.8 Å². The summed E-state index contributed by atoms with van der Waals surface area (Å²) in [4.78, 5) is 0. The van der Waals surface area contributed by atoms with E-state index < -0.39 is 0 Å². The minimum absolute atomic E-state index is 0.632. The normalized spacial score (nSPS) is 10.8. The Morgan fingerprint density at radius 1 is 1.20 bits per heavy atom. The quantitative estimate of drug-likeness (QED) is 0.458. The van der Waals surface area contributed by atoms with Crippen LogP contribution in [0.5, 0.6) is 11.5 Å². The SMILES string of the molecule is CCCOc1ccc(CNCCCSc2nnnn2C)cc1OCC. The Hall–Kier alpha value is -1.80. The van der Waals surface area contributed by atoms with E-state index in [1.54, 1.807) is 16.4 Å². The van der Waals surface area contributed by atoms with Crippen LogP contribution in [-0.2, 0) is 13.6 Å². The van der Waals surface area contributed by atoms with Crippen molar-refractivity contribution in [2.45, 2.75) is 38.4 Å². The van der Waals surface area contributed by atoms with Gasteiger partial charge >= 0.3 is 0 Å². The molecule has 8 heteroatoms. The molecule has 0 aliphatic heterocycles. The van der Waals surface area contributed by atoms with Crippen molar-refractivity contribution in [3.8, 4) is 11.5 Å². The van der Waals surface area contributed by atoms with Gasteiger partial charge in [0.25, 0.3) is 0 Å². The van der Waals surface area contributed by atoms with Crippen molar-refractivity contribution in [2.75, 3.05) is 25.5 Å². The third-order valence-electron chi connectivity index (χ3n) is 3.41. The fourth-order valence-corrected chi connectivity index (χ4v) is 2.99. The number of ether oxygens (including phenoxy) is 2.